The van der Waals surface area contributed by atoms with Gasteiger partial charge in [-0.05, 0) is 49.2 Å². The molecule has 0 saturated carbocycles. The number of amides is 1. The number of unbranched alkanes of at least 4 members (excludes halogenated alkanes) is 1. The number of halogens is 1. The lowest BCUT2D eigenvalue weighted by Gasteiger charge is -2.10. The molecule has 0 saturated heterocycles. The largest absolute Gasteiger partial charge is 0.336 e. The molecule has 4 rings (SSSR count). The molecule has 0 aliphatic heterocycles. The number of carbonyl (C=O) groups is 1. The number of anilines is 1. The van der Waals surface area contributed by atoms with Gasteiger partial charge in [0.1, 0.15) is 11.5 Å². The molecule has 4 aromatic rings. The summed E-state index contributed by atoms with van der Waals surface area (Å²) in [6, 6.07) is 14.3. The van der Waals surface area contributed by atoms with Crippen molar-refractivity contribution in [1.82, 2.24) is 9.55 Å². The summed E-state index contributed by atoms with van der Waals surface area (Å²) >= 11 is 1.36. The molecule has 0 bridgehead atoms. The van der Waals surface area contributed by atoms with Gasteiger partial charge in [0.2, 0.25) is 0 Å². The highest BCUT2D eigenvalue weighted by molar-refractivity contribution is 7.14. The zero-order valence-electron chi connectivity index (χ0n) is 16.4. The molecule has 148 valence electrons. The Morgan fingerprint density at radius 1 is 1.17 bits per heavy atom. The van der Waals surface area contributed by atoms with Gasteiger partial charge in [-0.15, -0.1) is 11.3 Å². The predicted molar refractivity (Wildman–Crippen MR) is 117 cm³/mol. The summed E-state index contributed by atoms with van der Waals surface area (Å²) in [6.45, 7) is 4.93. The van der Waals surface area contributed by atoms with E-state index in [1.165, 1.54) is 23.5 Å². The fourth-order valence-electron chi connectivity index (χ4n) is 3.56. The highest BCUT2D eigenvalue weighted by Gasteiger charge is 2.21. The first kappa shape index (κ1) is 19.3. The number of para-hydroxylation sites is 1. The minimum Gasteiger partial charge on any atom is -0.336 e. The summed E-state index contributed by atoms with van der Waals surface area (Å²) in [6.07, 6.45) is 2.06. The number of hydrogen-bond acceptors (Lipinski definition) is 3. The van der Waals surface area contributed by atoms with Crippen LogP contribution in [0.3, 0.4) is 0 Å². The van der Waals surface area contributed by atoms with Gasteiger partial charge in [-0.3, -0.25) is 10.1 Å². The molecule has 0 unspecified atom stereocenters. The lowest BCUT2D eigenvalue weighted by atomic mass is 10.1. The van der Waals surface area contributed by atoms with E-state index in [1.807, 2.05) is 24.4 Å². The van der Waals surface area contributed by atoms with Crippen molar-refractivity contribution in [2.75, 3.05) is 5.32 Å². The number of fused-ring (bicyclic) bond motifs is 1. The first-order chi connectivity index (χ1) is 14.1. The van der Waals surface area contributed by atoms with Crippen molar-refractivity contribution >= 4 is 33.3 Å². The van der Waals surface area contributed by atoms with Crippen molar-refractivity contribution in [2.45, 2.75) is 33.2 Å². The van der Waals surface area contributed by atoms with Crippen molar-refractivity contribution in [3.63, 3.8) is 0 Å². The Labute approximate surface area is 173 Å². The number of nitrogens with one attached hydrogen (secondary N) is 1. The zero-order chi connectivity index (χ0) is 20.4. The Balaban J connectivity index is 1.64. The molecule has 4 nitrogen and oxygen atoms in total. The molecule has 0 aliphatic carbocycles. The zero-order valence-corrected chi connectivity index (χ0v) is 17.2. The number of benzene rings is 2. The second-order valence-electron chi connectivity index (χ2n) is 6.99. The quantitative estimate of drug-likeness (QED) is 0.410. The summed E-state index contributed by atoms with van der Waals surface area (Å²) in [5, 5.41) is 6.44. The minimum atomic E-state index is -0.284. The fourth-order valence-corrected chi connectivity index (χ4v) is 4.27. The molecule has 0 spiro atoms. The Morgan fingerprint density at radius 2 is 1.93 bits per heavy atom. The van der Waals surface area contributed by atoms with Gasteiger partial charge in [0, 0.05) is 28.4 Å². The molecule has 2 aromatic carbocycles. The van der Waals surface area contributed by atoms with Crippen LogP contribution in [0.2, 0.25) is 0 Å². The van der Waals surface area contributed by atoms with E-state index in [2.05, 4.69) is 33.9 Å². The number of nitrogens with zero attached hydrogens (tertiary/aromatic N) is 2. The van der Waals surface area contributed by atoms with Crippen molar-refractivity contribution in [3.8, 4) is 11.3 Å². The molecule has 1 N–H and O–H groups in total. The molecule has 1 amide bonds. The van der Waals surface area contributed by atoms with Crippen molar-refractivity contribution < 1.29 is 9.18 Å². The van der Waals surface area contributed by atoms with Crippen LogP contribution in [0.15, 0.2) is 53.9 Å². The average Bonchev–Trinajstić information content (AvgIpc) is 3.30. The Hall–Kier alpha value is -2.99. The molecule has 0 fully saturated rings. The van der Waals surface area contributed by atoms with Gasteiger partial charge in [-0.2, -0.15) is 0 Å². The molecule has 2 heterocycles. The minimum absolute atomic E-state index is 0.158. The Morgan fingerprint density at radius 3 is 2.69 bits per heavy atom. The third kappa shape index (κ3) is 3.80. The second-order valence-corrected chi connectivity index (χ2v) is 7.85. The summed E-state index contributed by atoms with van der Waals surface area (Å²) in [5.41, 5.74) is 4.27. The molecule has 0 radical (unpaired) electrons. The normalized spacial score (nSPS) is 11.1. The van der Waals surface area contributed by atoms with Crippen LogP contribution in [-0.4, -0.2) is 15.5 Å². The van der Waals surface area contributed by atoms with E-state index in [0.717, 1.165) is 41.4 Å². The van der Waals surface area contributed by atoms with E-state index in [9.17, 15) is 9.18 Å². The maximum absolute atomic E-state index is 13.2. The third-order valence-corrected chi connectivity index (χ3v) is 5.80. The number of rotatable bonds is 6. The number of aromatic nitrogens is 2. The van der Waals surface area contributed by atoms with Gasteiger partial charge >= 0.3 is 0 Å². The predicted octanol–water partition coefficient (Wildman–Crippen LogP) is 6.26. The topological polar surface area (TPSA) is 46.9 Å². The van der Waals surface area contributed by atoms with Crippen molar-refractivity contribution in [3.05, 3.63) is 71.0 Å². The lowest BCUT2D eigenvalue weighted by molar-refractivity contribution is 0.101. The maximum atomic E-state index is 13.2. The van der Waals surface area contributed by atoms with Gasteiger partial charge in [0.15, 0.2) is 5.13 Å². The fraction of sp³-hybridized carbons (Fsp3) is 0.217. The molecule has 2 aromatic heterocycles. The molecular weight excluding hydrogens is 385 g/mol. The van der Waals surface area contributed by atoms with Crippen LogP contribution >= 0.6 is 11.3 Å². The van der Waals surface area contributed by atoms with E-state index >= 15 is 0 Å². The number of aryl methyl sites for hydroxylation is 2. The number of hydrogen-bond donors (Lipinski definition) is 1. The highest BCUT2D eigenvalue weighted by Crippen LogP contribution is 2.29. The molecular formula is C23H22FN3OS. The molecule has 0 aliphatic rings. The van der Waals surface area contributed by atoms with Gasteiger partial charge in [0.25, 0.3) is 5.91 Å². The van der Waals surface area contributed by atoms with Crippen LogP contribution in [0.4, 0.5) is 9.52 Å². The third-order valence-electron chi connectivity index (χ3n) is 5.04. The average molecular weight is 408 g/mol. The summed E-state index contributed by atoms with van der Waals surface area (Å²) < 4.78 is 15.3. The second kappa shape index (κ2) is 8.17. The summed E-state index contributed by atoms with van der Waals surface area (Å²) in [7, 11) is 0. The van der Waals surface area contributed by atoms with Gasteiger partial charge in [0.05, 0.1) is 5.69 Å². The van der Waals surface area contributed by atoms with Crippen molar-refractivity contribution in [2.24, 2.45) is 0 Å². The van der Waals surface area contributed by atoms with E-state index in [-0.39, 0.29) is 11.7 Å². The van der Waals surface area contributed by atoms with Gasteiger partial charge < -0.3 is 4.57 Å². The van der Waals surface area contributed by atoms with Gasteiger partial charge in [-0.1, -0.05) is 31.5 Å². The Kier molecular flexibility index (Phi) is 5.45. The maximum Gasteiger partial charge on any atom is 0.274 e. The van der Waals surface area contributed by atoms with Crippen LogP contribution in [0, 0.1) is 12.7 Å². The molecule has 29 heavy (non-hydrogen) atoms. The van der Waals surface area contributed by atoms with Crippen molar-refractivity contribution in [1.29, 1.82) is 0 Å². The summed E-state index contributed by atoms with van der Waals surface area (Å²) in [4.78, 5) is 17.7. The van der Waals surface area contributed by atoms with E-state index in [1.54, 1.807) is 12.1 Å². The number of carbonyl (C=O) groups excluding carboxylic acids is 1. The molecule has 6 heteroatoms. The lowest BCUT2D eigenvalue weighted by Crippen LogP contribution is -2.18. The van der Waals surface area contributed by atoms with Crippen LogP contribution in [0.5, 0.6) is 0 Å². The monoisotopic (exact) mass is 407 g/mol. The smallest absolute Gasteiger partial charge is 0.274 e. The highest BCUT2D eigenvalue weighted by atomic mass is 32.1. The standard InChI is InChI=1S/C23H22FN3OS/c1-3-4-13-27-20-8-6-5-7-18(20)15(2)21(27)22(28)26-23-25-19(14-29-23)16-9-11-17(24)12-10-16/h5-12,14H,3-4,13H2,1-2H3,(H,25,26,28). The first-order valence-electron chi connectivity index (χ1n) is 9.69. The summed E-state index contributed by atoms with van der Waals surface area (Å²) in [5.74, 6) is -0.442. The van der Waals surface area contributed by atoms with Crippen LogP contribution in [0.1, 0.15) is 35.8 Å². The molecule has 0 atom stereocenters. The Bertz CT molecular complexity index is 1160. The van der Waals surface area contributed by atoms with E-state index in [4.69, 9.17) is 0 Å². The van der Waals surface area contributed by atoms with Gasteiger partial charge in [-0.25, -0.2) is 9.37 Å². The van der Waals surface area contributed by atoms with Crippen LogP contribution < -0.4 is 5.32 Å². The van der Waals surface area contributed by atoms with Crippen LogP contribution in [0.25, 0.3) is 22.2 Å². The van der Waals surface area contributed by atoms with Crippen LogP contribution in [-0.2, 0) is 6.54 Å². The van der Waals surface area contributed by atoms with E-state index < -0.39 is 0 Å². The first-order valence-corrected chi connectivity index (χ1v) is 10.6. The SMILES string of the molecule is CCCCn1c(C(=O)Nc2nc(-c3ccc(F)cc3)cs2)c(C)c2ccccc21. The number of thiazole rings is 1. The van der Waals surface area contributed by atoms with E-state index in [0.29, 0.717) is 16.5 Å².